The summed E-state index contributed by atoms with van der Waals surface area (Å²) in [6.45, 7) is 10.2. The summed E-state index contributed by atoms with van der Waals surface area (Å²) in [5, 5.41) is 1.46. The van der Waals surface area contributed by atoms with E-state index in [1.807, 2.05) is 97.1 Å². The molecule has 2 aliphatic heterocycles. The van der Waals surface area contributed by atoms with Gasteiger partial charge in [-0.15, -0.1) is 0 Å². The largest absolute Gasteiger partial charge is 0.372 e. The lowest BCUT2D eigenvalue weighted by atomic mass is 9.91. The van der Waals surface area contributed by atoms with E-state index in [-0.39, 0.29) is 12.3 Å². The third-order valence-corrected chi connectivity index (χ3v) is 16.9. The Morgan fingerprint density at radius 1 is 0.446 bits per heavy atom. The molecule has 0 aromatic heterocycles. The second-order valence-electron chi connectivity index (χ2n) is 14.7. The van der Waals surface area contributed by atoms with Crippen molar-refractivity contribution in [3.05, 3.63) is 177 Å². The van der Waals surface area contributed by atoms with Gasteiger partial charge in [0.15, 0.2) is 14.3 Å². The van der Waals surface area contributed by atoms with E-state index < -0.39 is 14.3 Å². The molecule has 0 radical (unpaired) electrons. The molecule has 2 heterocycles. The summed E-state index contributed by atoms with van der Waals surface area (Å²) in [5.74, 6) is 6.63. The van der Waals surface area contributed by atoms with Gasteiger partial charge in [0.1, 0.15) is 0 Å². The first kappa shape index (κ1) is 37.7. The summed E-state index contributed by atoms with van der Waals surface area (Å²) in [6, 6.07) is 39.7. The van der Waals surface area contributed by atoms with Crippen LogP contribution in [0.25, 0.3) is 22.3 Å². The van der Waals surface area contributed by atoms with Gasteiger partial charge in [-0.3, -0.25) is 0 Å². The quantitative estimate of drug-likeness (QED) is 0.120. The van der Waals surface area contributed by atoms with Crippen molar-refractivity contribution in [1.29, 1.82) is 0 Å². The number of ether oxygens (including phenoxy) is 2. The van der Waals surface area contributed by atoms with Gasteiger partial charge in [-0.2, -0.15) is 0 Å². The van der Waals surface area contributed by atoms with Crippen molar-refractivity contribution in [2.24, 2.45) is 0 Å². The highest BCUT2D eigenvalue weighted by Crippen LogP contribution is 2.56. The van der Waals surface area contributed by atoms with Crippen LogP contribution in [0, 0.1) is 50.9 Å². The number of hydrogen-bond acceptors (Lipinski definition) is 4. The summed E-state index contributed by atoms with van der Waals surface area (Å²) in [6.07, 6.45) is 0.154. The van der Waals surface area contributed by atoms with Crippen molar-refractivity contribution < 1.29 is 18.6 Å². The second-order valence-corrected chi connectivity index (χ2v) is 19.9. The monoisotopic (exact) mass is 770 g/mol. The first-order valence-corrected chi connectivity index (χ1v) is 22.9. The topological polar surface area (TPSA) is 52.6 Å². The van der Waals surface area contributed by atoms with E-state index in [4.69, 9.17) is 9.47 Å². The van der Waals surface area contributed by atoms with Gasteiger partial charge in [-0.25, -0.2) is 0 Å². The summed E-state index contributed by atoms with van der Waals surface area (Å²) in [7, 11) is -7.32. The van der Waals surface area contributed by atoms with Crippen molar-refractivity contribution in [3.63, 3.8) is 0 Å². The Morgan fingerprint density at radius 3 is 1.09 bits per heavy atom. The van der Waals surface area contributed by atoms with Crippen molar-refractivity contribution in [3.8, 4) is 45.4 Å². The molecule has 0 saturated carbocycles. The second kappa shape index (κ2) is 15.8. The molecule has 6 aromatic rings. The standard InChI is InChI=1S/C50H44O4P2/c1-35-43-31-53-33-45(43)37(3)49(47(35)41-21-13-7-14-22-41)55(51,27-25-39-17-9-5-10-18-39)29-30-56(52,28-26-40-19-11-6-12-20-40)50-38(4)46-34-54-32-44(46)36(2)48(50)42-23-15-8-16-24-42/h5-24H,29-34H2,1-4H3. The fourth-order valence-corrected chi connectivity index (χ4v) is 14.9. The van der Waals surface area contributed by atoms with Gasteiger partial charge >= 0.3 is 0 Å². The highest BCUT2D eigenvalue weighted by atomic mass is 31.2. The molecular weight excluding hydrogens is 726 g/mol. The molecule has 0 aliphatic carbocycles. The van der Waals surface area contributed by atoms with Gasteiger partial charge in [-0.05, 0) is 130 Å². The number of hydrogen-bond donors (Lipinski definition) is 0. The molecule has 0 amide bonds. The summed E-state index contributed by atoms with van der Waals surface area (Å²) in [4.78, 5) is 0. The minimum Gasteiger partial charge on any atom is -0.372 e. The Morgan fingerprint density at radius 2 is 0.750 bits per heavy atom. The Bertz CT molecular complexity index is 2490. The van der Waals surface area contributed by atoms with Gasteiger partial charge in [0, 0.05) is 34.1 Å². The van der Waals surface area contributed by atoms with Crippen LogP contribution in [-0.2, 0) is 45.0 Å². The fraction of sp³-hybridized carbons (Fsp3) is 0.200. The van der Waals surface area contributed by atoms with Gasteiger partial charge in [0.05, 0.1) is 26.4 Å². The highest BCUT2D eigenvalue weighted by molar-refractivity contribution is 7.80. The van der Waals surface area contributed by atoms with Crippen LogP contribution in [0.15, 0.2) is 121 Å². The van der Waals surface area contributed by atoms with Crippen LogP contribution in [0.1, 0.15) is 55.6 Å². The van der Waals surface area contributed by atoms with Crippen LogP contribution in [0.4, 0.5) is 0 Å². The SMILES string of the molecule is Cc1c2c(c(C)c(P(=O)(C#Cc3ccccc3)CCP(=O)(C#Cc3ccccc3)c3c(C)c4c(c(C)c3-c3ccccc3)COC4)c1-c1ccccc1)COC2. The molecule has 6 heteroatoms. The van der Waals surface area contributed by atoms with E-state index in [9.17, 15) is 0 Å². The maximum atomic E-state index is 16.4. The average molecular weight is 771 g/mol. The summed E-state index contributed by atoms with van der Waals surface area (Å²) >= 11 is 0. The van der Waals surface area contributed by atoms with Crippen LogP contribution < -0.4 is 10.6 Å². The van der Waals surface area contributed by atoms with Crippen LogP contribution in [0.2, 0.25) is 0 Å². The molecule has 56 heavy (non-hydrogen) atoms. The van der Waals surface area contributed by atoms with Crippen molar-refractivity contribution >= 4 is 24.9 Å². The number of rotatable bonds is 7. The third kappa shape index (κ3) is 7.05. The maximum absolute atomic E-state index is 16.4. The molecule has 2 atom stereocenters. The van der Waals surface area contributed by atoms with Crippen molar-refractivity contribution in [1.82, 2.24) is 0 Å². The minimum atomic E-state index is -3.66. The summed E-state index contributed by atoms with van der Waals surface area (Å²) < 4.78 is 44.9. The molecule has 4 nitrogen and oxygen atoms in total. The van der Waals surface area contributed by atoms with Crippen LogP contribution in [-0.4, -0.2) is 12.3 Å². The van der Waals surface area contributed by atoms with Gasteiger partial charge < -0.3 is 18.6 Å². The molecular formula is C50H44O4P2. The normalized spacial score (nSPS) is 15.0. The van der Waals surface area contributed by atoms with Crippen molar-refractivity contribution in [2.45, 2.75) is 54.1 Å². The number of fused-ring (bicyclic) bond motifs is 2. The Hall–Kier alpha value is -5.18. The first-order valence-electron chi connectivity index (χ1n) is 19.1. The Kier molecular flexibility index (Phi) is 10.6. The lowest BCUT2D eigenvalue weighted by molar-refractivity contribution is 0.134. The van der Waals surface area contributed by atoms with Crippen LogP contribution in [0.3, 0.4) is 0 Å². The van der Waals surface area contributed by atoms with Crippen LogP contribution in [0.5, 0.6) is 0 Å². The predicted molar refractivity (Wildman–Crippen MR) is 231 cm³/mol. The smallest absolute Gasteiger partial charge is 0.184 e. The maximum Gasteiger partial charge on any atom is 0.184 e. The third-order valence-electron chi connectivity index (χ3n) is 11.3. The van der Waals surface area contributed by atoms with E-state index in [0.717, 1.165) is 88.5 Å². The Labute approximate surface area is 331 Å². The highest BCUT2D eigenvalue weighted by Gasteiger charge is 2.39. The van der Waals surface area contributed by atoms with Gasteiger partial charge in [0.2, 0.25) is 0 Å². The van der Waals surface area contributed by atoms with Crippen molar-refractivity contribution in [2.75, 3.05) is 12.3 Å². The van der Waals surface area contributed by atoms with Gasteiger partial charge in [0.25, 0.3) is 0 Å². The molecule has 0 fully saturated rings. The molecule has 6 aromatic carbocycles. The zero-order valence-electron chi connectivity index (χ0n) is 32.3. The molecule has 0 spiro atoms. The molecule has 0 N–H and O–H groups in total. The van der Waals surface area contributed by atoms with E-state index in [0.29, 0.717) is 26.4 Å². The molecule has 2 aliphatic rings. The Balaban J connectivity index is 1.38. The van der Waals surface area contributed by atoms with E-state index >= 15 is 9.13 Å². The zero-order chi connectivity index (χ0) is 38.9. The lowest BCUT2D eigenvalue weighted by Gasteiger charge is -2.27. The fourth-order valence-electron chi connectivity index (χ4n) is 8.42. The summed E-state index contributed by atoms with van der Waals surface area (Å²) in [5.41, 5.74) is 20.5. The van der Waals surface area contributed by atoms with E-state index in [2.05, 4.69) is 75.1 Å². The first-order chi connectivity index (χ1) is 27.2. The zero-order valence-corrected chi connectivity index (χ0v) is 34.1. The molecule has 0 bridgehead atoms. The van der Waals surface area contributed by atoms with E-state index in [1.54, 1.807) is 0 Å². The molecule has 278 valence electrons. The average Bonchev–Trinajstić information content (AvgIpc) is 3.95. The van der Waals surface area contributed by atoms with E-state index in [1.165, 1.54) is 0 Å². The minimum absolute atomic E-state index is 0.0770. The van der Waals surface area contributed by atoms with Crippen LogP contribution >= 0.6 is 14.3 Å². The molecule has 2 unspecified atom stereocenters. The lowest BCUT2D eigenvalue weighted by Crippen LogP contribution is -2.23. The van der Waals surface area contributed by atoms with Gasteiger partial charge in [-0.1, -0.05) is 109 Å². The number of benzene rings is 6. The molecule has 0 saturated heterocycles. The molecule has 8 rings (SSSR count). The predicted octanol–water partition coefficient (Wildman–Crippen LogP) is 11.0.